The molecule has 3 aromatic rings. The molecule has 138 valence electrons. The summed E-state index contributed by atoms with van der Waals surface area (Å²) in [5, 5.41) is 0. The SMILES string of the molecule is C1=CC2=NC(c3ccccn3)=NC2C=C1.[Ru].c1ccc(-c2ccccn2)nc1. The maximum atomic E-state index is 4.49. The van der Waals surface area contributed by atoms with Crippen LogP contribution in [0.15, 0.2) is 107 Å². The van der Waals surface area contributed by atoms with Crippen LogP contribution in [0.2, 0.25) is 0 Å². The molecule has 0 spiro atoms. The molecule has 4 heterocycles. The Morgan fingerprint density at radius 1 is 0.643 bits per heavy atom. The summed E-state index contributed by atoms with van der Waals surface area (Å²) in [5.74, 6) is 0.729. The van der Waals surface area contributed by atoms with Gasteiger partial charge < -0.3 is 0 Å². The molecule has 5 rings (SSSR count). The molecule has 2 aliphatic rings. The molecule has 3 aromatic heterocycles. The van der Waals surface area contributed by atoms with E-state index in [9.17, 15) is 0 Å². The molecule has 1 unspecified atom stereocenters. The number of rotatable bonds is 2. The minimum absolute atomic E-state index is 0. The van der Waals surface area contributed by atoms with Crippen LogP contribution in [0.4, 0.5) is 0 Å². The molecule has 0 amide bonds. The van der Waals surface area contributed by atoms with E-state index < -0.39 is 0 Å². The van der Waals surface area contributed by atoms with E-state index in [1.807, 2.05) is 78.9 Å². The number of pyridine rings is 3. The van der Waals surface area contributed by atoms with Crippen LogP contribution in [0.5, 0.6) is 0 Å². The molecule has 0 saturated carbocycles. The van der Waals surface area contributed by atoms with E-state index in [1.54, 1.807) is 18.6 Å². The van der Waals surface area contributed by atoms with Gasteiger partial charge >= 0.3 is 0 Å². The Hall–Kier alpha value is -3.11. The van der Waals surface area contributed by atoms with Crippen molar-refractivity contribution in [3.63, 3.8) is 0 Å². The molecule has 1 atom stereocenters. The molecule has 1 aliphatic heterocycles. The number of aromatic nitrogens is 3. The average molecular weight is 452 g/mol. The summed E-state index contributed by atoms with van der Waals surface area (Å²) in [4.78, 5) is 21.5. The van der Waals surface area contributed by atoms with E-state index >= 15 is 0 Å². The van der Waals surface area contributed by atoms with Crippen molar-refractivity contribution in [1.82, 2.24) is 15.0 Å². The minimum Gasteiger partial charge on any atom is -0.255 e. The van der Waals surface area contributed by atoms with Crippen LogP contribution >= 0.6 is 0 Å². The van der Waals surface area contributed by atoms with Gasteiger partial charge in [-0.05, 0) is 42.5 Å². The molecule has 0 aromatic carbocycles. The van der Waals surface area contributed by atoms with Gasteiger partial charge in [-0.1, -0.05) is 36.4 Å². The number of hydrogen-bond donors (Lipinski definition) is 0. The van der Waals surface area contributed by atoms with E-state index in [1.165, 1.54) is 0 Å². The summed E-state index contributed by atoms with van der Waals surface area (Å²) in [6, 6.07) is 17.4. The van der Waals surface area contributed by atoms with Crippen molar-refractivity contribution in [1.29, 1.82) is 0 Å². The second kappa shape index (κ2) is 9.72. The van der Waals surface area contributed by atoms with Crippen molar-refractivity contribution in [2.75, 3.05) is 0 Å². The second-order valence-corrected chi connectivity index (χ2v) is 5.82. The first-order valence-corrected chi connectivity index (χ1v) is 8.65. The monoisotopic (exact) mass is 453 g/mol. The maximum absolute atomic E-state index is 4.49. The molecular formula is C22H17N5Ru. The van der Waals surface area contributed by atoms with Crippen molar-refractivity contribution < 1.29 is 19.5 Å². The van der Waals surface area contributed by atoms with E-state index in [2.05, 4.69) is 24.9 Å². The summed E-state index contributed by atoms with van der Waals surface area (Å²) >= 11 is 0. The Morgan fingerprint density at radius 2 is 1.21 bits per heavy atom. The van der Waals surface area contributed by atoms with Gasteiger partial charge in [-0.25, -0.2) is 4.99 Å². The van der Waals surface area contributed by atoms with Gasteiger partial charge in [-0.15, -0.1) is 0 Å². The standard InChI is InChI=1S/C12H9N3.C10H8N2.Ru/c1-2-6-10-9(5-1)14-12(15-10)11-7-3-4-8-13-11;1-3-7-11-9(5-1)10-6-2-4-8-12-10;/h1-9H;1-8H;. The van der Waals surface area contributed by atoms with E-state index in [-0.39, 0.29) is 25.5 Å². The first-order chi connectivity index (χ1) is 13.4. The fraction of sp³-hybridized carbons (Fsp3) is 0.0455. The Balaban J connectivity index is 0.000000159. The molecule has 28 heavy (non-hydrogen) atoms. The zero-order valence-electron chi connectivity index (χ0n) is 14.9. The third-order valence-electron chi connectivity index (χ3n) is 3.96. The fourth-order valence-corrected chi connectivity index (χ4v) is 2.66. The normalized spacial score (nSPS) is 16.1. The van der Waals surface area contributed by atoms with Gasteiger partial charge in [0.05, 0.1) is 17.1 Å². The van der Waals surface area contributed by atoms with Crippen molar-refractivity contribution in [2.45, 2.75) is 6.04 Å². The van der Waals surface area contributed by atoms with Crippen LogP contribution in [0.1, 0.15) is 5.69 Å². The fourth-order valence-electron chi connectivity index (χ4n) is 2.66. The molecule has 0 N–H and O–H groups in total. The van der Waals surface area contributed by atoms with Crippen LogP contribution in [0.25, 0.3) is 11.4 Å². The molecule has 5 nitrogen and oxygen atoms in total. The third-order valence-corrected chi connectivity index (χ3v) is 3.96. The Morgan fingerprint density at radius 3 is 1.71 bits per heavy atom. The molecule has 0 saturated heterocycles. The molecule has 0 radical (unpaired) electrons. The summed E-state index contributed by atoms with van der Waals surface area (Å²) < 4.78 is 0. The van der Waals surface area contributed by atoms with Gasteiger partial charge in [0, 0.05) is 38.1 Å². The summed E-state index contributed by atoms with van der Waals surface area (Å²) in [6.07, 6.45) is 13.3. The minimum atomic E-state index is 0. The molecular weight excluding hydrogens is 435 g/mol. The zero-order valence-corrected chi connectivity index (χ0v) is 16.6. The predicted octanol–water partition coefficient (Wildman–Crippen LogP) is 3.92. The van der Waals surface area contributed by atoms with Gasteiger partial charge in [0.25, 0.3) is 0 Å². The van der Waals surface area contributed by atoms with Crippen LogP contribution < -0.4 is 0 Å². The van der Waals surface area contributed by atoms with Crippen LogP contribution in [0, 0.1) is 0 Å². The van der Waals surface area contributed by atoms with Crippen molar-refractivity contribution in [2.24, 2.45) is 9.98 Å². The van der Waals surface area contributed by atoms with Crippen LogP contribution in [-0.4, -0.2) is 32.5 Å². The number of nitrogens with zero attached hydrogens (tertiary/aromatic N) is 5. The van der Waals surface area contributed by atoms with Gasteiger partial charge in [0.15, 0.2) is 5.84 Å². The second-order valence-electron chi connectivity index (χ2n) is 5.82. The Labute approximate surface area is 176 Å². The summed E-state index contributed by atoms with van der Waals surface area (Å²) in [5.41, 5.74) is 3.66. The van der Waals surface area contributed by atoms with E-state index in [0.29, 0.717) is 0 Å². The number of hydrogen-bond acceptors (Lipinski definition) is 5. The number of amidine groups is 1. The quantitative estimate of drug-likeness (QED) is 0.554. The van der Waals surface area contributed by atoms with Crippen LogP contribution in [-0.2, 0) is 19.5 Å². The van der Waals surface area contributed by atoms with Crippen molar-refractivity contribution in [3.05, 3.63) is 103 Å². The first-order valence-electron chi connectivity index (χ1n) is 8.65. The average Bonchev–Trinajstić information content (AvgIpc) is 3.21. The van der Waals surface area contributed by atoms with Gasteiger partial charge in [0.1, 0.15) is 11.7 Å². The molecule has 0 bridgehead atoms. The van der Waals surface area contributed by atoms with E-state index in [4.69, 9.17) is 0 Å². The molecule has 6 heteroatoms. The smallest absolute Gasteiger partial charge is 0.174 e. The summed E-state index contributed by atoms with van der Waals surface area (Å²) in [6.45, 7) is 0. The van der Waals surface area contributed by atoms with Gasteiger partial charge in [0.2, 0.25) is 0 Å². The molecule has 0 fully saturated rings. The number of allylic oxidation sites excluding steroid dienone is 2. The topological polar surface area (TPSA) is 63.4 Å². The number of fused-ring (bicyclic) bond motifs is 1. The van der Waals surface area contributed by atoms with Crippen LogP contribution in [0.3, 0.4) is 0 Å². The Bertz CT molecular complexity index is 975. The third kappa shape index (κ3) is 4.78. The maximum Gasteiger partial charge on any atom is 0.174 e. The van der Waals surface area contributed by atoms with Crippen molar-refractivity contribution in [3.8, 4) is 11.4 Å². The number of aliphatic imine (C=N–C) groups is 2. The van der Waals surface area contributed by atoms with E-state index in [0.717, 1.165) is 28.6 Å². The first kappa shape index (κ1) is 19.6. The van der Waals surface area contributed by atoms with Gasteiger partial charge in [-0.2, -0.15) is 0 Å². The molecule has 1 aliphatic carbocycles. The largest absolute Gasteiger partial charge is 0.255 e. The predicted molar refractivity (Wildman–Crippen MR) is 108 cm³/mol. The van der Waals surface area contributed by atoms with Crippen molar-refractivity contribution >= 4 is 11.5 Å². The zero-order chi connectivity index (χ0) is 18.3. The summed E-state index contributed by atoms with van der Waals surface area (Å²) in [7, 11) is 0. The van der Waals surface area contributed by atoms with Gasteiger partial charge in [-0.3, -0.25) is 19.9 Å². The Kier molecular flexibility index (Phi) is 6.82.